The first kappa shape index (κ1) is 9.92. The van der Waals surface area contributed by atoms with E-state index in [0.29, 0.717) is 13.2 Å². The average Bonchev–Trinajstić information content (AvgIpc) is 2.14. The predicted octanol–water partition coefficient (Wildman–Crippen LogP) is 0.681. The summed E-state index contributed by atoms with van der Waals surface area (Å²) in [6, 6.07) is 0. The Hall–Kier alpha value is -0.160. The van der Waals surface area contributed by atoms with Crippen LogP contribution in [-0.4, -0.2) is 33.2 Å². The molecule has 1 N–H and O–H groups in total. The second-order valence-corrected chi connectivity index (χ2v) is 2.72. The van der Waals surface area contributed by atoms with E-state index in [2.05, 4.69) is 5.48 Å². The first-order valence-electron chi connectivity index (χ1n) is 4.45. The fraction of sp³-hybridized carbons (Fsp3) is 1.00. The van der Waals surface area contributed by atoms with E-state index in [1.54, 1.807) is 7.05 Å². The SMILES string of the molecule is CNOCCOC1CCCCO1. The van der Waals surface area contributed by atoms with E-state index in [9.17, 15) is 0 Å². The zero-order chi connectivity index (χ0) is 8.65. The Morgan fingerprint density at radius 2 is 2.33 bits per heavy atom. The van der Waals surface area contributed by atoms with E-state index >= 15 is 0 Å². The van der Waals surface area contributed by atoms with Crippen molar-refractivity contribution in [1.82, 2.24) is 5.48 Å². The van der Waals surface area contributed by atoms with Gasteiger partial charge in [-0.2, -0.15) is 0 Å². The largest absolute Gasteiger partial charge is 0.353 e. The third-order valence-electron chi connectivity index (χ3n) is 1.77. The van der Waals surface area contributed by atoms with Crippen molar-refractivity contribution in [3.05, 3.63) is 0 Å². The summed E-state index contributed by atoms with van der Waals surface area (Å²) in [6.45, 7) is 1.99. The Balaban J connectivity index is 1.91. The Labute approximate surface area is 73.1 Å². The van der Waals surface area contributed by atoms with Crippen LogP contribution in [0.1, 0.15) is 19.3 Å². The van der Waals surface area contributed by atoms with E-state index < -0.39 is 0 Å². The third-order valence-corrected chi connectivity index (χ3v) is 1.77. The summed E-state index contributed by atoms with van der Waals surface area (Å²) in [6.07, 6.45) is 3.38. The molecule has 1 aliphatic rings. The molecule has 72 valence electrons. The number of hydrogen-bond acceptors (Lipinski definition) is 4. The highest BCUT2D eigenvalue weighted by molar-refractivity contribution is 4.53. The second-order valence-electron chi connectivity index (χ2n) is 2.72. The third kappa shape index (κ3) is 4.01. The molecule has 1 unspecified atom stereocenters. The van der Waals surface area contributed by atoms with Gasteiger partial charge in [0, 0.05) is 13.7 Å². The minimum atomic E-state index is -0.000735. The molecule has 12 heavy (non-hydrogen) atoms. The van der Waals surface area contributed by atoms with Crippen molar-refractivity contribution in [2.45, 2.75) is 25.6 Å². The molecule has 1 fully saturated rings. The lowest BCUT2D eigenvalue weighted by atomic mass is 10.2. The zero-order valence-corrected chi connectivity index (χ0v) is 7.54. The van der Waals surface area contributed by atoms with Gasteiger partial charge in [0.1, 0.15) is 0 Å². The highest BCUT2D eigenvalue weighted by Gasteiger charge is 2.13. The van der Waals surface area contributed by atoms with Gasteiger partial charge in [0.15, 0.2) is 6.29 Å². The predicted molar refractivity (Wildman–Crippen MR) is 44.6 cm³/mol. The molecule has 0 aromatic heterocycles. The van der Waals surface area contributed by atoms with Crippen LogP contribution < -0.4 is 5.48 Å². The van der Waals surface area contributed by atoms with Crippen LogP contribution in [0.4, 0.5) is 0 Å². The van der Waals surface area contributed by atoms with Gasteiger partial charge in [-0.15, -0.1) is 0 Å². The molecule has 1 heterocycles. The zero-order valence-electron chi connectivity index (χ0n) is 7.54. The van der Waals surface area contributed by atoms with Crippen LogP contribution in [0.2, 0.25) is 0 Å². The van der Waals surface area contributed by atoms with E-state index in [-0.39, 0.29) is 6.29 Å². The van der Waals surface area contributed by atoms with Gasteiger partial charge in [0.2, 0.25) is 0 Å². The summed E-state index contributed by atoms with van der Waals surface area (Å²) in [4.78, 5) is 4.89. The molecule has 0 aliphatic carbocycles. The van der Waals surface area contributed by atoms with Gasteiger partial charge in [-0.1, -0.05) is 0 Å². The van der Waals surface area contributed by atoms with Crippen LogP contribution in [-0.2, 0) is 14.3 Å². The second kappa shape index (κ2) is 6.37. The topological polar surface area (TPSA) is 39.7 Å². The summed E-state index contributed by atoms with van der Waals surface area (Å²) in [5, 5.41) is 0. The summed E-state index contributed by atoms with van der Waals surface area (Å²) in [7, 11) is 1.73. The molecule has 4 heteroatoms. The quantitative estimate of drug-likeness (QED) is 0.492. The minimum Gasteiger partial charge on any atom is -0.353 e. The van der Waals surface area contributed by atoms with E-state index in [1.807, 2.05) is 0 Å². The van der Waals surface area contributed by atoms with E-state index in [4.69, 9.17) is 14.3 Å². The van der Waals surface area contributed by atoms with Gasteiger partial charge in [-0.25, -0.2) is 5.48 Å². The molecular weight excluding hydrogens is 158 g/mol. The Morgan fingerprint density at radius 1 is 1.42 bits per heavy atom. The van der Waals surface area contributed by atoms with Crippen LogP contribution >= 0.6 is 0 Å². The summed E-state index contributed by atoms with van der Waals surface area (Å²) in [5.41, 5.74) is 2.58. The fourth-order valence-electron chi connectivity index (χ4n) is 1.17. The molecule has 0 saturated carbocycles. The summed E-state index contributed by atoms with van der Waals surface area (Å²) in [5.74, 6) is 0. The maximum absolute atomic E-state index is 5.40. The highest BCUT2D eigenvalue weighted by atomic mass is 16.7. The van der Waals surface area contributed by atoms with Crippen LogP contribution in [0.25, 0.3) is 0 Å². The van der Waals surface area contributed by atoms with E-state index in [0.717, 1.165) is 19.4 Å². The first-order valence-corrected chi connectivity index (χ1v) is 4.45. The van der Waals surface area contributed by atoms with Crippen LogP contribution in [0, 0.1) is 0 Å². The molecule has 0 aromatic carbocycles. The van der Waals surface area contributed by atoms with Crippen LogP contribution in [0.15, 0.2) is 0 Å². The maximum atomic E-state index is 5.40. The molecule has 0 spiro atoms. The van der Waals surface area contributed by atoms with Gasteiger partial charge in [0.05, 0.1) is 13.2 Å². The van der Waals surface area contributed by atoms with E-state index in [1.165, 1.54) is 6.42 Å². The Kier molecular flexibility index (Phi) is 5.27. The van der Waals surface area contributed by atoms with Crippen LogP contribution in [0.5, 0.6) is 0 Å². The summed E-state index contributed by atoms with van der Waals surface area (Å²) >= 11 is 0. The molecule has 0 amide bonds. The smallest absolute Gasteiger partial charge is 0.157 e. The Morgan fingerprint density at radius 3 is 3.00 bits per heavy atom. The lowest BCUT2D eigenvalue weighted by molar-refractivity contribution is -0.171. The molecule has 1 saturated heterocycles. The van der Waals surface area contributed by atoms with Crippen LogP contribution in [0.3, 0.4) is 0 Å². The van der Waals surface area contributed by atoms with Crippen molar-refractivity contribution < 1.29 is 14.3 Å². The molecule has 0 bridgehead atoms. The van der Waals surface area contributed by atoms with Crippen molar-refractivity contribution >= 4 is 0 Å². The van der Waals surface area contributed by atoms with Gasteiger partial charge in [-0.3, -0.25) is 4.84 Å². The van der Waals surface area contributed by atoms with Crippen molar-refractivity contribution in [1.29, 1.82) is 0 Å². The van der Waals surface area contributed by atoms with Crippen molar-refractivity contribution in [2.24, 2.45) is 0 Å². The van der Waals surface area contributed by atoms with Gasteiger partial charge < -0.3 is 9.47 Å². The van der Waals surface area contributed by atoms with Gasteiger partial charge in [0.25, 0.3) is 0 Å². The number of hydroxylamine groups is 1. The van der Waals surface area contributed by atoms with Crippen molar-refractivity contribution in [3.8, 4) is 0 Å². The molecule has 4 nitrogen and oxygen atoms in total. The standard InChI is InChI=1S/C8H17NO3/c1-9-12-7-6-11-8-4-2-3-5-10-8/h8-9H,2-7H2,1H3. The Bertz CT molecular complexity index is 104. The molecule has 0 radical (unpaired) electrons. The number of ether oxygens (including phenoxy) is 2. The molecular formula is C8H17NO3. The highest BCUT2D eigenvalue weighted by Crippen LogP contribution is 2.13. The fourth-order valence-corrected chi connectivity index (χ4v) is 1.17. The minimum absolute atomic E-state index is 0.000735. The first-order chi connectivity index (χ1) is 5.93. The number of nitrogens with one attached hydrogen (secondary N) is 1. The molecule has 0 aromatic rings. The number of hydrogen-bond donors (Lipinski definition) is 1. The maximum Gasteiger partial charge on any atom is 0.157 e. The normalized spacial score (nSPS) is 24.2. The number of rotatable bonds is 5. The average molecular weight is 175 g/mol. The molecule has 1 rings (SSSR count). The van der Waals surface area contributed by atoms with Gasteiger partial charge in [-0.05, 0) is 19.3 Å². The van der Waals surface area contributed by atoms with Crippen molar-refractivity contribution in [3.63, 3.8) is 0 Å². The molecule has 1 aliphatic heterocycles. The summed E-state index contributed by atoms with van der Waals surface area (Å²) < 4.78 is 10.8. The lowest BCUT2D eigenvalue weighted by Gasteiger charge is -2.22. The molecule has 1 atom stereocenters. The monoisotopic (exact) mass is 175 g/mol. The van der Waals surface area contributed by atoms with Gasteiger partial charge >= 0.3 is 0 Å². The van der Waals surface area contributed by atoms with Crippen molar-refractivity contribution in [2.75, 3.05) is 26.9 Å². The lowest BCUT2D eigenvalue weighted by Crippen LogP contribution is -2.24.